The van der Waals surface area contributed by atoms with E-state index in [2.05, 4.69) is 0 Å². The number of hydrogen-bond acceptors (Lipinski definition) is 0. The average Bonchev–Trinajstić information content (AvgIpc) is 0. The largest absolute Gasteiger partial charge is 0 e. The van der Waals surface area contributed by atoms with Gasteiger partial charge in [-0.05, 0) is 0 Å². The third-order valence-corrected chi connectivity index (χ3v) is 0. The van der Waals surface area contributed by atoms with Crippen LogP contribution in [0, 0.1) is 0 Å². The van der Waals surface area contributed by atoms with Crippen molar-refractivity contribution in [1.82, 2.24) is 0 Å². The minimum absolute atomic E-state index is 0. The molecule has 0 amide bonds. The van der Waals surface area contributed by atoms with E-state index >= 15 is 0 Å². The van der Waals surface area contributed by atoms with Gasteiger partial charge in [0.15, 0.2) is 0 Å². The first-order valence-corrected chi connectivity index (χ1v) is 0. The molecule has 0 nitrogen and oxygen atoms in total. The molecule has 4 radical (unpaired) electrons. The van der Waals surface area contributed by atoms with Crippen LogP contribution < -0.4 is 0 Å². The van der Waals surface area contributed by atoms with Gasteiger partial charge in [-0.15, -0.1) is 0 Å². The van der Waals surface area contributed by atoms with E-state index < -0.39 is 0 Å². The second kappa shape index (κ2) is 26.0. The van der Waals surface area contributed by atoms with E-state index in [1.54, 1.807) is 0 Å². The predicted octanol–water partition coefficient (Wildman–Crippen LogP) is -0.391. The van der Waals surface area contributed by atoms with Crippen LogP contribution in [-0.2, 0) is 81.7 Å². The fourth-order valence-corrected chi connectivity index (χ4v) is 0. The van der Waals surface area contributed by atoms with Crippen molar-refractivity contribution in [1.29, 1.82) is 0 Å². The maximum absolute atomic E-state index is 0. The molecule has 0 atom stereocenters. The first-order valence-electron chi connectivity index (χ1n) is 0. The maximum atomic E-state index is 0. The van der Waals surface area contributed by atoms with Gasteiger partial charge < -0.3 is 0 Å². The molecular weight excluding hydrogens is 544 g/mol. The SMILES string of the molecule is [Pd].[Pd].[Pd].[Pd].[Sn]. The molecule has 0 bridgehead atoms. The van der Waals surface area contributed by atoms with Crippen LogP contribution in [0.5, 0.6) is 0 Å². The van der Waals surface area contributed by atoms with Gasteiger partial charge in [-0.1, -0.05) is 0 Å². The summed E-state index contributed by atoms with van der Waals surface area (Å²) in [5.41, 5.74) is 0. The molecule has 5 heteroatoms. The molecule has 0 rings (SSSR count). The van der Waals surface area contributed by atoms with Crippen LogP contribution in [0.3, 0.4) is 0 Å². The van der Waals surface area contributed by atoms with Gasteiger partial charge in [-0.3, -0.25) is 0 Å². The maximum Gasteiger partial charge on any atom is 0 e. The third kappa shape index (κ3) is 18.6. The summed E-state index contributed by atoms with van der Waals surface area (Å²) < 4.78 is 0. The minimum atomic E-state index is 0. The summed E-state index contributed by atoms with van der Waals surface area (Å²) in [7, 11) is 0. The zero-order valence-corrected chi connectivity index (χ0v) is 10.8. The summed E-state index contributed by atoms with van der Waals surface area (Å²) in [6, 6.07) is 0. The van der Waals surface area contributed by atoms with Crippen molar-refractivity contribution in [3.8, 4) is 0 Å². The topological polar surface area (TPSA) is 0 Å². The molecule has 0 aromatic carbocycles. The molecule has 44 valence electrons. The molecule has 0 N–H and O–H groups in total. The quantitative estimate of drug-likeness (QED) is 0.365. The Labute approximate surface area is 104 Å². The van der Waals surface area contributed by atoms with E-state index in [-0.39, 0.29) is 106 Å². The smallest absolute Gasteiger partial charge is 0 e. The van der Waals surface area contributed by atoms with Crippen LogP contribution in [0.15, 0.2) is 0 Å². The fourth-order valence-electron chi connectivity index (χ4n) is 0. The summed E-state index contributed by atoms with van der Waals surface area (Å²) in [6.45, 7) is 0. The zero-order chi connectivity index (χ0) is 0. The molecule has 0 saturated carbocycles. The molecule has 0 aliphatic carbocycles. The Morgan fingerprint density at radius 3 is 0.400 bits per heavy atom. The molecule has 0 spiro atoms. The normalized spacial score (nSPS) is 0. The Hall–Kier alpha value is 3.45. The predicted molar refractivity (Wildman–Crippen MR) is 5.75 cm³/mol. The minimum Gasteiger partial charge on any atom is 0 e. The Balaban J connectivity index is 0. The van der Waals surface area contributed by atoms with E-state index in [0.717, 1.165) is 0 Å². The van der Waals surface area contributed by atoms with Gasteiger partial charge in [-0.25, -0.2) is 0 Å². The first kappa shape index (κ1) is 39.4. The van der Waals surface area contributed by atoms with Gasteiger partial charge in [0.2, 0.25) is 0 Å². The second-order valence-corrected chi connectivity index (χ2v) is 0. The fraction of sp³-hybridized carbons (Fsp3) is 0. The Bertz CT molecular complexity index is 3.61. The summed E-state index contributed by atoms with van der Waals surface area (Å²) in [5.74, 6) is 0. The van der Waals surface area contributed by atoms with Crippen molar-refractivity contribution >= 4 is 23.9 Å². The van der Waals surface area contributed by atoms with Gasteiger partial charge in [0, 0.05) is 106 Å². The van der Waals surface area contributed by atoms with Crippen LogP contribution in [0.1, 0.15) is 0 Å². The van der Waals surface area contributed by atoms with E-state index in [4.69, 9.17) is 0 Å². The van der Waals surface area contributed by atoms with E-state index in [1.165, 1.54) is 0 Å². The molecular formula is Pd4Sn. The van der Waals surface area contributed by atoms with E-state index in [0.29, 0.717) is 0 Å². The van der Waals surface area contributed by atoms with Crippen molar-refractivity contribution in [2.75, 3.05) is 0 Å². The standard InChI is InChI=1S/4Pd.Sn. The Kier molecular flexibility index (Phi) is 205. The zero-order valence-electron chi connectivity index (χ0n) is 1.76. The molecule has 5 heavy (non-hydrogen) atoms. The molecule has 0 aromatic heterocycles. The van der Waals surface area contributed by atoms with Crippen molar-refractivity contribution < 1.29 is 81.7 Å². The van der Waals surface area contributed by atoms with Crippen molar-refractivity contribution in [3.63, 3.8) is 0 Å². The van der Waals surface area contributed by atoms with Gasteiger partial charge in [0.05, 0.1) is 0 Å². The monoisotopic (exact) mass is 544 g/mol. The molecule has 0 unspecified atom stereocenters. The summed E-state index contributed by atoms with van der Waals surface area (Å²) in [5, 5.41) is 0. The first-order chi connectivity index (χ1) is 0. The summed E-state index contributed by atoms with van der Waals surface area (Å²) in [4.78, 5) is 0. The summed E-state index contributed by atoms with van der Waals surface area (Å²) in [6.07, 6.45) is 0. The third-order valence-electron chi connectivity index (χ3n) is 0. The Morgan fingerprint density at radius 1 is 0.400 bits per heavy atom. The van der Waals surface area contributed by atoms with Crippen molar-refractivity contribution in [3.05, 3.63) is 0 Å². The van der Waals surface area contributed by atoms with Crippen LogP contribution in [0.25, 0.3) is 0 Å². The van der Waals surface area contributed by atoms with E-state index in [9.17, 15) is 0 Å². The van der Waals surface area contributed by atoms with Crippen molar-refractivity contribution in [2.45, 2.75) is 0 Å². The molecule has 0 aromatic rings. The van der Waals surface area contributed by atoms with Crippen molar-refractivity contribution in [2.24, 2.45) is 0 Å². The van der Waals surface area contributed by atoms with Gasteiger partial charge in [0.1, 0.15) is 0 Å². The molecule has 0 aliphatic rings. The van der Waals surface area contributed by atoms with Gasteiger partial charge in [0.25, 0.3) is 0 Å². The number of hydrogen-bond donors (Lipinski definition) is 0. The van der Waals surface area contributed by atoms with Gasteiger partial charge >= 0.3 is 0 Å². The summed E-state index contributed by atoms with van der Waals surface area (Å²) >= 11 is 0. The molecule has 0 saturated heterocycles. The van der Waals surface area contributed by atoms with Crippen LogP contribution >= 0.6 is 0 Å². The Morgan fingerprint density at radius 2 is 0.400 bits per heavy atom. The molecule has 0 fully saturated rings. The molecule has 0 heterocycles. The second-order valence-electron chi connectivity index (χ2n) is 0. The average molecular weight is 544 g/mol. The van der Waals surface area contributed by atoms with Crippen LogP contribution in [0.2, 0.25) is 0 Å². The molecule has 0 aliphatic heterocycles. The van der Waals surface area contributed by atoms with E-state index in [1.807, 2.05) is 0 Å². The van der Waals surface area contributed by atoms with Crippen LogP contribution in [-0.4, -0.2) is 23.9 Å². The number of rotatable bonds is 0. The van der Waals surface area contributed by atoms with Gasteiger partial charge in [-0.2, -0.15) is 0 Å². The van der Waals surface area contributed by atoms with Crippen LogP contribution in [0.4, 0.5) is 0 Å².